The van der Waals surface area contributed by atoms with Gasteiger partial charge in [0.15, 0.2) is 12.2 Å². The SMILES string of the molecule is COC(=O)/C=C/C(=O)OC1CO[C@@H]2C(OC(=O)/C=C/C=O)COC12. The fourth-order valence-electron chi connectivity index (χ4n) is 2.33. The van der Waals surface area contributed by atoms with E-state index in [1.54, 1.807) is 0 Å². The molecule has 130 valence electrons. The summed E-state index contributed by atoms with van der Waals surface area (Å²) in [7, 11) is 1.19. The van der Waals surface area contributed by atoms with Crippen molar-refractivity contribution in [1.82, 2.24) is 0 Å². The number of esters is 3. The highest BCUT2D eigenvalue weighted by Gasteiger charge is 2.50. The largest absolute Gasteiger partial charge is 0.466 e. The van der Waals surface area contributed by atoms with E-state index in [1.165, 1.54) is 7.11 Å². The topological polar surface area (TPSA) is 114 Å². The third kappa shape index (κ3) is 4.49. The van der Waals surface area contributed by atoms with E-state index < -0.39 is 42.3 Å². The molecule has 24 heavy (non-hydrogen) atoms. The highest BCUT2D eigenvalue weighted by Crippen LogP contribution is 2.30. The summed E-state index contributed by atoms with van der Waals surface area (Å²) in [6, 6.07) is 0. The minimum absolute atomic E-state index is 0.0748. The molecular weight excluding hydrogens is 324 g/mol. The zero-order valence-corrected chi connectivity index (χ0v) is 12.8. The van der Waals surface area contributed by atoms with Crippen molar-refractivity contribution in [2.75, 3.05) is 20.3 Å². The molecule has 4 atom stereocenters. The zero-order valence-electron chi connectivity index (χ0n) is 12.8. The monoisotopic (exact) mass is 340 g/mol. The Labute approximate surface area is 137 Å². The molecule has 9 heteroatoms. The predicted molar refractivity (Wildman–Crippen MR) is 75.6 cm³/mol. The first kappa shape index (κ1) is 17.8. The quantitative estimate of drug-likeness (QED) is 0.262. The van der Waals surface area contributed by atoms with Gasteiger partial charge in [-0.3, -0.25) is 4.79 Å². The van der Waals surface area contributed by atoms with Crippen molar-refractivity contribution in [3.63, 3.8) is 0 Å². The van der Waals surface area contributed by atoms with Gasteiger partial charge in [-0.1, -0.05) is 0 Å². The first-order valence-corrected chi connectivity index (χ1v) is 7.07. The Hall–Kier alpha value is -2.52. The van der Waals surface area contributed by atoms with Gasteiger partial charge >= 0.3 is 17.9 Å². The van der Waals surface area contributed by atoms with Gasteiger partial charge in [0.1, 0.15) is 18.5 Å². The molecule has 2 heterocycles. The second kappa shape index (κ2) is 8.37. The van der Waals surface area contributed by atoms with E-state index in [-0.39, 0.29) is 13.2 Å². The lowest BCUT2D eigenvalue weighted by atomic mass is 10.1. The second-order valence-corrected chi connectivity index (χ2v) is 4.90. The lowest BCUT2D eigenvalue weighted by Crippen LogP contribution is -2.35. The third-order valence-corrected chi connectivity index (χ3v) is 3.37. The molecule has 0 aromatic rings. The summed E-state index contributed by atoms with van der Waals surface area (Å²) >= 11 is 0. The molecule has 2 rings (SSSR count). The maximum atomic E-state index is 11.6. The summed E-state index contributed by atoms with van der Waals surface area (Å²) in [6.45, 7) is 0.160. The first-order valence-electron chi connectivity index (χ1n) is 7.07. The molecule has 2 aliphatic rings. The maximum absolute atomic E-state index is 11.6. The smallest absolute Gasteiger partial charge is 0.331 e. The van der Waals surface area contributed by atoms with Crippen molar-refractivity contribution < 1.29 is 42.9 Å². The maximum Gasteiger partial charge on any atom is 0.331 e. The molecule has 0 radical (unpaired) electrons. The fourth-order valence-corrected chi connectivity index (χ4v) is 2.33. The number of rotatable bonds is 6. The van der Waals surface area contributed by atoms with Gasteiger partial charge < -0.3 is 23.7 Å². The van der Waals surface area contributed by atoms with Crippen LogP contribution in [-0.2, 0) is 42.9 Å². The van der Waals surface area contributed by atoms with E-state index in [2.05, 4.69) is 4.74 Å². The van der Waals surface area contributed by atoms with Gasteiger partial charge in [0.25, 0.3) is 0 Å². The summed E-state index contributed by atoms with van der Waals surface area (Å²) in [5.74, 6) is -2.12. The van der Waals surface area contributed by atoms with Crippen LogP contribution in [0.1, 0.15) is 0 Å². The van der Waals surface area contributed by atoms with E-state index in [1.807, 2.05) is 0 Å². The number of fused-ring (bicyclic) bond motifs is 1. The highest BCUT2D eigenvalue weighted by molar-refractivity contribution is 5.91. The van der Waals surface area contributed by atoms with Crippen LogP contribution in [0, 0.1) is 0 Å². The number of aldehydes is 1. The number of ether oxygens (including phenoxy) is 5. The van der Waals surface area contributed by atoms with Crippen molar-refractivity contribution in [3.8, 4) is 0 Å². The van der Waals surface area contributed by atoms with Crippen LogP contribution >= 0.6 is 0 Å². The molecule has 0 saturated carbocycles. The Morgan fingerprint density at radius 1 is 0.875 bits per heavy atom. The molecule has 2 fully saturated rings. The molecular formula is C15H16O9. The summed E-state index contributed by atoms with van der Waals surface area (Å²) in [6.07, 6.45) is 1.86. The van der Waals surface area contributed by atoms with Crippen molar-refractivity contribution in [2.24, 2.45) is 0 Å². The van der Waals surface area contributed by atoms with E-state index in [9.17, 15) is 19.2 Å². The summed E-state index contributed by atoms with van der Waals surface area (Å²) in [5.41, 5.74) is 0. The normalized spacial score (nSPS) is 28.7. The molecule has 0 aromatic heterocycles. The number of carbonyl (C=O) groups is 4. The van der Waals surface area contributed by atoms with E-state index in [0.29, 0.717) is 6.29 Å². The van der Waals surface area contributed by atoms with E-state index in [0.717, 1.165) is 24.3 Å². The Balaban J connectivity index is 1.86. The van der Waals surface area contributed by atoms with Gasteiger partial charge in [0.2, 0.25) is 0 Å². The summed E-state index contributed by atoms with van der Waals surface area (Å²) in [4.78, 5) is 44.2. The van der Waals surface area contributed by atoms with Crippen LogP contribution in [-0.4, -0.2) is 68.9 Å². The number of hydrogen-bond acceptors (Lipinski definition) is 9. The van der Waals surface area contributed by atoms with Crippen molar-refractivity contribution in [1.29, 1.82) is 0 Å². The van der Waals surface area contributed by atoms with Crippen molar-refractivity contribution in [3.05, 3.63) is 24.3 Å². The van der Waals surface area contributed by atoms with Gasteiger partial charge in [-0.05, 0) is 6.08 Å². The number of carbonyl (C=O) groups excluding carboxylic acids is 4. The summed E-state index contributed by atoms with van der Waals surface area (Å²) in [5, 5.41) is 0. The number of methoxy groups -OCH3 is 1. The van der Waals surface area contributed by atoms with Crippen LogP contribution < -0.4 is 0 Å². The molecule has 0 N–H and O–H groups in total. The van der Waals surface area contributed by atoms with Crippen LogP contribution in [0.5, 0.6) is 0 Å². The van der Waals surface area contributed by atoms with Crippen LogP contribution in [0.3, 0.4) is 0 Å². The lowest BCUT2D eigenvalue weighted by molar-refractivity contribution is -0.149. The Kier molecular flexibility index (Phi) is 6.21. The van der Waals surface area contributed by atoms with Gasteiger partial charge in [0.05, 0.1) is 20.3 Å². The standard InChI is InChI=1S/C15H16O9/c1-20-11(17)4-5-13(19)24-10-8-22-14-9(7-21-15(10)14)23-12(18)3-2-6-16/h2-6,9-10,14-15H,7-8H2,1H3/b3-2+,5-4+/t9?,10?,14-,15?/m1/s1. The van der Waals surface area contributed by atoms with Crippen LogP contribution in [0.2, 0.25) is 0 Å². The predicted octanol–water partition coefficient (Wildman–Crippen LogP) is -0.908. The number of allylic oxidation sites excluding steroid dienone is 1. The van der Waals surface area contributed by atoms with Gasteiger partial charge in [0, 0.05) is 18.2 Å². The fraction of sp³-hybridized carbons (Fsp3) is 0.467. The van der Waals surface area contributed by atoms with Crippen LogP contribution in [0.4, 0.5) is 0 Å². The molecule has 3 unspecified atom stereocenters. The van der Waals surface area contributed by atoms with Gasteiger partial charge in [-0.15, -0.1) is 0 Å². The average Bonchev–Trinajstić information content (AvgIpc) is 3.14. The molecule has 0 aliphatic carbocycles. The van der Waals surface area contributed by atoms with Crippen molar-refractivity contribution >= 4 is 24.2 Å². The van der Waals surface area contributed by atoms with Crippen LogP contribution in [0.25, 0.3) is 0 Å². The average molecular weight is 340 g/mol. The van der Waals surface area contributed by atoms with Crippen LogP contribution in [0.15, 0.2) is 24.3 Å². The minimum atomic E-state index is -0.743. The van der Waals surface area contributed by atoms with E-state index >= 15 is 0 Å². The minimum Gasteiger partial charge on any atom is -0.466 e. The lowest BCUT2D eigenvalue weighted by Gasteiger charge is -2.16. The first-order chi connectivity index (χ1) is 11.5. The van der Waals surface area contributed by atoms with E-state index in [4.69, 9.17) is 18.9 Å². The molecule has 0 aromatic carbocycles. The molecule has 9 nitrogen and oxygen atoms in total. The Morgan fingerprint density at radius 3 is 1.88 bits per heavy atom. The third-order valence-electron chi connectivity index (χ3n) is 3.37. The second-order valence-electron chi connectivity index (χ2n) is 4.90. The number of hydrogen-bond donors (Lipinski definition) is 0. The van der Waals surface area contributed by atoms with Gasteiger partial charge in [-0.25, -0.2) is 14.4 Å². The summed E-state index contributed by atoms with van der Waals surface area (Å²) < 4.78 is 25.6. The zero-order chi connectivity index (χ0) is 17.5. The molecule has 0 bridgehead atoms. The molecule has 0 spiro atoms. The van der Waals surface area contributed by atoms with Gasteiger partial charge in [-0.2, -0.15) is 0 Å². The Morgan fingerprint density at radius 2 is 1.38 bits per heavy atom. The highest BCUT2D eigenvalue weighted by atomic mass is 16.7. The molecule has 0 amide bonds. The molecule has 2 aliphatic heterocycles. The molecule has 2 saturated heterocycles. The van der Waals surface area contributed by atoms with Crippen molar-refractivity contribution in [2.45, 2.75) is 24.4 Å². The Bertz CT molecular complexity index is 565.